The lowest BCUT2D eigenvalue weighted by Crippen LogP contribution is -2.49. The fourth-order valence-corrected chi connectivity index (χ4v) is 10.3. The van der Waals surface area contributed by atoms with Gasteiger partial charge in [0.25, 0.3) is 0 Å². The number of piperazine rings is 2. The molecule has 2 amide bonds. The molecule has 15 nitrogen and oxygen atoms in total. The third-order valence-electron chi connectivity index (χ3n) is 14.4. The molecule has 6 aromatic heterocycles. The van der Waals surface area contributed by atoms with Gasteiger partial charge in [-0.3, -0.25) is 23.7 Å². The molecule has 0 bridgehead atoms. The summed E-state index contributed by atoms with van der Waals surface area (Å²) in [6.45, 7) is 6.33. The number of anilines is 2. The molecule has 2 atom stereocenters. The van der Waals surface area contributed by atoms with Gasteiger partial charge in [-0.1, -0.05) is 0 Å². The molecule has 0 aromatic carbocycles. The molecule has 6 fully saturated rings. The predicted octanol–water partition coefficient (Wildman–Crippen LogP) is 6.95. The number of hydrogen-bond donors (Lipinski definition) is 0. The fraction of sp³-hybridized carbons (Fsp3) is 0.521. The molecule has 4 saturated carbocycles. The first-order valence-electron chi connectivity index (χ1n) is 23.6. The zero-order chi connectivity index (χ0) is 44.2. The minimum atomic E-state index is -2.61. The maximum Gasteiger partial charge on any atom is 0.250 e. The van der Waals surface area contributed by atoms with Crippen molar-refractivity contribution in [2.24, 2.45) is 11.8 Å². The van der Waals surface area contributed by atoms with E-state index in [1.54, 1.807) is 17.1 Å². The Kier molecular flexibility index (Phi) is 10.9. The molecule has 2 unspecified atom stereocenters. The summed E-state index contributed by atoms with van der Waals surface area (Å²) in [6, 6.07) is 8.24. The lowest BCUT2D eigenvalue weighted by Gasteiger charge is -2.36. The average molecular weight is 887 g/mol. The number of ketones is 1. The average Bonchev–Trinajstić information content (AvgIpc) is 4.10. The third-order valence-corrected chi connectivity index (χ3v) is 14.4. The molecular formula is C48H56F2N12O3. The van der Waals surface area contributed by atoms with Crippen LogP contribution < -0.4 is 9.80 Å². The molecule has 12 rings (SSSR count). The van der Waals surface area contributed by atoms with Crippen molar-refractivity contribution in [3.05, 3.63) is 73.8 Å². The molecule has 6 aromatic rings. The molecule has 8 heterocycles. The van der Waals surface area contributed by atoms with Crippen LogP contribution in [-0.2, 0) is 14.4 Å². The van der Waals surface area contributed by atoms with Crippen LogP contribution in [-0.4, -0.2) is 124 Å². The van der Waals surface area contributed by atoms with Crippen LogP contribution in [0.5, 0.6) is 0 Å². The van der Waals surface area contributed by atoms with Gasteiger partial charge in [0.15, 0.2) is 0 Å². The molecular weight excluding hydrogens is 831 g/mol. The lowest BCUT2D eigenvalue weighted by molar-refractivity contribution is -0.133. The fourth-order valence-electron chi connectivity index (χ4n) is 10.3. The Morgan fingerprint density at radius 3 is 1.55 bits per heavy atom. The van der Waals surface area contributed by atoms with Gasteiger partial charge < -0.3 is 19.6 Å². The van der Waals surface area contributed by atoms with Crippen molar-refractivity contribution in [2.75, 3.05) is 62.2 Å². The van der Waals surface area contributed by atoms with Crippen LogP contribution in [0.15, 0.2) is 73.8 Å². The molecule has 340 valence electrons. The number of nitrogens with zero attached hydrogens (tertiary/aromatic N) is 12. The highest BCUT2D eigenvalue weighted by molar-refractivity contribution is 5.84. The number of aromatic nitrogens is 8. The van der Waals surface area contributed by atoms with Crippen LogP contribution >= 0.6 is 0 Å². The zero-order valence-corrected chi connectivity index (χ0v) is 36.7. The second kappa shape index (κ2) is 17.0. The molecule has 65 heavy (non-hydrogen) atoms. The second-order valence-electron chi connectivity index (χ2n) is 19.0. The maximum atomic E-state index is 13.9. The smallest absolute Gasteiger partial charge is 0.250 e. The van der Waals surface area contributed by atoms with E-state index in [4.69, 9.17) is 0 Å². The number of carbonyl (C=O) groups is 3. The summed E-state index contributed by atoms with van der Waals surface area (Å²) in [6.07, 6.45) is 23.7. The van der Waals surface area contributed by atoms with E-state index < -0.39 is 5.92 Å². The van der Waals surface area contributed by atoms with E-state index >= 15 is 0 Å². The van der Waals surface area contributed by atoms with E-state index in [-0.39, 0.29) is 36.8 Å². The molecule has 0 radical (unpaired) electrons. The number of fused-ring (bicyclic) bond motifs is 2. The Labute approximate surface area is 375 Å². The van der Waals surface area contributed by atoms with Gasteiger partial charge in [-0.25, -0.2) is 17.8 Å². The summed E-state index contributed by atoms with van der Waals surface area (Å²) >= 11 is 0. The topological polar surface area (TPSA) is 134 Å². The molecule has 0 N–H and O–H groups in total. The Hall–Kier alpha value is -6.13. The summed E-state index contributed by atoms with van der Waals surface area (Å²) in [7, 11) is 0. The van der Waals surface area contributed by atoms with Gasteiger partial charge in [0.1, 0.15) is 5.78 Å². The van der Waals surface area contributed by atoms with Crippen LogP contribution in [0.25, 0.3) is 33.3 Å². The Balaban J connectivity index is 0.000000144. The van der Waals surface area contributed by atoms with E-state index in [1.807, 2.05) is 60.6 Å². The van der Waals surface area contributed by atoms with Gasteiger partial charge in [-0.2, -0.15) is 20.4 Å². The standard InChI is InChI=1S/C24H28F2N6O.C24H28N6O2/c25-24(26)6-1-2-20(13-24)31-16-19(14-28-31)18-12-22-21(5-7-27-32(22)15-18)29-8-10-30(11-9-29)23(33)17-3-4-17;31-21-3-1-2-20(13-21)29-16-19(14-26-29)18-12-23-22(6-7-25-30(23)15-18)27-8-10-28(11-9-27)24(32)17-4-5-17/h5,7,12,14-17,20H,1-4,6,8-11,13H2;6-7,12,14-17,20H,1-5,8-11,13H2. The first-order valence-corrected chi connectivity index (χ1v) is 23.6. The summed E-state index contributed by atoms with van der Waals surface area (Å²) < 4.78 is 35.2. The lowest BCUT2D eigenvalue weighted by atomic mass is 9.92. The van der Waals surface area contributed by atoms with Crippen LogP contribution in [0.4, 0.5) is 20.2 Å². The largest absolute Gasteiger partial charge is 0.366 e. The van der Waals surface area contributed by atoms with Crippen molar-refractivity contribution in [3.8, 4) is 22.3 Å². The molecule has 6 aliphatic rings. The minimum absolute atomic E-state index is 0.0278. The third kappa shape index (κ3) is 8.73. The highest BCUT2D eigenvalue weighted by Gasteiger charge is 2.38. The first kappa shape index (κ1) is 41.6. The number of hydrogen-bond acceptors (Lipinski definition) is 9. The second-order valence-corrected chi connectivity index (χ2v) is 19.0. The van der Waals surface area contributed by atoms with Crippen molar-refractivity contribution in [3.63, 3.8) is 0 Å². The summed E-state index contributed by atoms with van der Waals surface area (Å²) in [5.41, 5.74) is 8.27. The van der Waals surface area contributed by atoms with Crippen molar-refractivity contribution in [2.45, 2.75) is 95.1 Å². The molecule has 17 heteroatoms. The number of rotatable bonds is 8. The molecule has 4 aliphatic carbocycles. The molecule has 0 spiro atoms. The SMILES string of the molecule is O=C(C1CC1)N1CCN(c2ccnn3cc(-c4cnn(C5CCCC(F)(F)C5)c4)cc23)CC1.O=C1CCCC(n2cc(-c3cc4c(N5CCN(C(=O)C6CC6)CC5)ccnn4c3)cn2)C1. The number of halogens is 2. The zero-order valence-electron chi connectivity index (χ0n) is 36.7. The quantitative estimate of drug-likeness (QED) is 0.159. The van der Waals surface area contributed by atoms with Crippen molar-refractivity contribution in [1.82, 2.24) is 48.6 Å². The Morgan fingerprint density at radius 2 is 1.08 bits per heavy atom. The molecule has 2 aliphatic heterocycles. The van der Waals surface area contributed by atoms with E-state index in [0.29, 0.717) is 36.9 Å². The van der Waals surface area contributed by atoms with Gasteiger partial charge >= 0.3 is 0 Å². The molecule has 2 saturated heterocycles. The number of amides is 2. The summed E-state index contributed by atoms with van der Waals surface area (Å²) in [4.78, 5) is 45.3. The number of carbonyl (C=O) groups excluding carboxylic acids is 3. The van der Waals surface area contributed by atoms with Crippen LogP contribution in [0, 0.1) is 11.8 Å². The summed E-state index contributed by atoms with van der Waals surface area (Å²) in [5.74, 6) is -1.07. The van der Waals surface area contributed by atoms with Gasteiger partial charge in [-0.15, -0.1) is 0 Å². The highest BCUT2D eigenvalue weighted by Crippen LogP contribution is 2.40. The van der Waals surface area contributed by atoms with Gasteiger partial charge in [0, 0.05) is 149 Å². The number of alkyl halides is 2. The van der Waals surface area contributed by atoms with Crippen molar-refractivity contribution < 1.29 is 23.2 Å². The van der Waals surface area contributed by atoms with Crippen LogP contribution in [0.1, 0.15) is 89.1 Å². The van der Waals surface area contributed by atoms with E-state index in [9.17, 15) is 23.2 Å². The van der Waals surface area contributed by atoms with Crippen molar-refractivity contribution in [1.29, 1.82) is 0 Å². The highest BCUT2D eigenvalue weighted by atomic mass is 19.3. The maximum absolute atomic E-state index is 13.9. The van der Waals surface area contributed by atoms with Crippen LogP contribution in [0.2, 0.25) is 0 Å². The van der Waals surface area contributed by atoms with E-state index in [2.05, 4.69) is 54.6 Å². The van der Waals surface area contributed by atoms with Crippen LogP contribution in [0.3, 0.4) is 0 Å². The van der Waals surface area contributed by atoms with E-state index in [1.165, 1.54) is 0 Å². The van der Waals surface area contributed by atoms with E-state index in [0.717, 1.165) is 142 Å². The summed E-state index contributed by atoms with van der Waals surface area (Å²) in [5, 5.41) is 18.0. The van der Waals surface area contributed by atoms with Gasteiger partial charge in [0.2, 0.25) is 17.7 Å². The van der Waals surface area contributed by atoms with Crippen molar-refractivity contribution >= 4 is 40.0 Å². The Bertz CT molecular complexity index is 2710. The monoisotopic (exact) mass is 886 g/mol. The Morgan fingerprint density at radius 1 is 0.585 bits per heavy atom. The number of Topliss-reactive ketones (excluding diaryl/α,β-unsaturated/α-hetero) is 1. The van der Waals surface area contributed by atoms with Gasteiger partial charge in [0.05, 0.1) is 46.9 Å². The van der Waals surface area contributed by atoms with Gasteiger partial charge in [-0.05, 0) is 75.6 Å². The first-order chi connectivity index (χ1) is 31.6. The predicted molar refractivity (Wildman–Crippen MR) is 241 cm³/mol. The minimum Gasteiger partial charge on any atom is -0.366 e. The normalized spacial score (nSPS) is 22.6.